The van der Waals surface area contributed by atoms with Gasteiger partial charge in [-0.2, -0.15) is 15.5 Å². The van der Waals surface area contributed by atoms with Gasteiger partial charge in [0.1, 0.15) is 5.54 Å². The third-order valence-electron chi connectivity index (χ3n) is 6.56. The second-order valence-corrected chi connectivity index (χ2v) is 10.7. The van der Waals surface area contributed by atoms with Crippen molar-refractivity contribution in [3.8, 4) is 6.07 Å². The van der Waals surface area contributed by atoms with E-state index in [-0.39, 0.29) is 43.1 Å². The Morgan fingerprint density at radius 2 is 2.03 bits per heavy atom. The molecule has 160 valence electrons. The van der Waals surface area contributed by atoms with Gasteiger partial charge < -0.3 is 4.90 Å². The smallest absolute Gasteiger partial charge is 0.324 e. The van der Waals surface area contributed by atoms with E-state index in [0.29, 0.717) is 32.1 Å². The molecular weight excluding hydrogens is 398 g/mol. The molecule has 4 aliphatic rings. The number of carbonyl (C=O) groups excluding carboxylic acids is 2. The number of nitrogens with one attached hydrogen (secondary N) is 2. The number of carbonyl (C=O) groups is 2. The Balaban J connectivity index is 1.49. The lowest BCUT2D eigenvalue weighted by Gasteiger charge is -2.47. The fourth-order valence-electron chi connectivity index (χ4n) is 4.66. The highest BCUT2D eigenvalue weighted by atomic mass is 32.2. The number of hydrogen-bond donors (Lipinski definition) is 2. The van der Waals surface area contributed by atoms with Gasteiger partial charge in [0.05, 0.1) is 29.9 Å². The fraction of sp³-hybridized carbons (Fsp3) is 0.833. The Hall–Kier alpha value is -1.74. The van der Waals surface area contributed by atoms with Crippen LogP contribution in [0, 0.1) is 17.2 Å². The summed E-state index contributed by atoms with van der Waals surface area (Å²) < 4.78 is 28.2. The van der Waals surface area contributed by atoms with Crippen molar-refractivity contribution in [2.75, 3.05) is 13.6 Å². The molecule has 2 saturated carbocycles. The summed E-state index contributed by atoms with van der Waals surface area (Å²) in [6.07, 6.45) is 2.38. The number of imide groups is 1. The molecule has 4 fully saturated rings. The summed E-state index contributed by atoms with van der Waals surface area (Å²) in [6, 6.07) is 1.52. The van der Waals surface area contributed by atoms with Crippen LogP contribution in [0.1, 0.15) is 45.4 Å². The summed E-state index contributed by atoms with van der Waals surface area (Å²) >= 11 is 0. The van der Waals surface area contributed by atoms with Crippen LogP contribution in [0.5, 0.6) is 0 Å². The number of rotatable bonds is 5. The second kappa shape index (κ2) is 7.19. The Labute approximate surface area is 170 Å². The molecular formula is C18H27N5O5S. The summed E-state index contributed by atoms with van der Waals surface area (Å²) in [5.41, 5.74) is 1.86. The van der Waals surface area contributed by atoms with Crippen LogP contribution in [0.3, 0.4) is 0 Å². The first kappa shape index (κ1) is 20.5. The molecule has 2 N–H and O–H groups in total. The lowest BCUT2D eigenvalue weighted by Crippen LogP contribution is -2.64. The zero-order valence-corrected chi connectivity index (χ0v) is 17.4. The van der Waals surface area contributed by atoms with Gasteiger partial charge >= 0.3 is 6.03 Å². The van der Waals surface area contributed by atoms with Gasteiger partial charge in [-0.1, -0.05) is 0 Å². The van der Waals surface area contributed by atoms with E-state index < -0.39 is 26.7 Å². The number of hydroxylamine groups is 1. The van der Waals surface area contributed by atoms with Gasteiger partial charge in [-0.05, 0) is 45.4 Å². The van der Waals surface area contributed by atoms with Crippen LogP contribution in [0.4, 0.5) is 4.79 Å². The van der Waals surface area contributed by atoms with E-state index in [1.54, 1.807) is 11.9 Å². The molecule has 5 atom stereocenters. The molecule has 5 unspecified atom stereocenters. The Morgan fingerprint density at radius 3 is 2.62 bits per heavy atom. The molecule has 11 heteroatoms. The van der Waals surface area contributed by atoms with Crippen molar-refractivity contribution in [1.29, 1.82) is 5.26 Å². The molecule has 0 bridgehead atoms. The molecule has 0 spiro atoms. The van der Waals surface area contributed by atoms with Crippen LogP contribution >= 0.6 is 0 Å². The minimum Gasteiger partial charge on any atom is -0.324 e. The van der Waals surface area contributed by atoms with E-state index >= 15 is 0 Å². The molecule has 2 aliphatic carbocycles. The maximum absolute atomic E-state index is 13.1. The van der Waals surface area contributed by atoms with Gasteiger partial charge in [0.15, 0.2) is 0 Å². The van der Waals surface area contributed by atoms with E-state index in [0.717, 1.165) is 0 Å². The maximum Gasteiger partial charge on any atom is 0.326 e. The highest BCUT2D eigenvalue weighted by Crippen LogP contribution is 2.39. The average molecular weight is 426 g/mol. The first-order valence-corrected chi connectivity index (χ1v) is 11.6. The summed E-state index contributed by atoms with van der Waals surface area (Å²) in [5, 5.41) is 8.46. The van der Waals surface area contributed by atoms with Crippen LogP contribution in [-0.2, 0) is 19.7 Å². The molecule has 10 nitrogen and oxygen atoms in total. The zero-order chi connectivity index (χ0) is 21.0. The predicted molar refractivity (Wildman–Crippen MR) is 102 cm³/mol. The minimum absolute atomic E-state index is 0.144. The van der Waals surface area contributed by atoms with Gasteiger partial charge in [-0.25, -0.2) is 13.2 Å². The van der Waals surface area contributed by atoms with Crippen LogP contribution < -0.4 is 10.2 Å². The standard InChI is InChI=1S/C18H27N5O5S/c1-11-7-12(28-20-11)9-23-16(24)14-8-13(3-4-15(14)22(2)17(23)25)29(26,27)21-18(10-19)5-6-18/h11-15,20-21H,3-9H2,1-2H3. The van der Waals surface area contributed by atoms with Crippen LogP contribution in [0.25, 0.3) is 0 Å². The fourth-order valence-corrected chi connectivity index (χ4v) is 6.53. The Kier molecular flexibility index (Phi) is 5.09. The first-order chi connectivity index (χ1) is 13.7. The molecule has 2 saturated heterocycles. The molecule has 0 aromatic rings. The largest absolute Gasteiger partial charge is 0.326 e. The van der Waals surface area contributed by atoms with E-state index in [1.807, 2.05) is 13.0 Å². The van der Waals surface area contributed by atoms with Gasteiger partial charge in [-0.3, -0.25) is 14.5 Å². The second-order valence-electron chi connectivity index (χ2n) is 8.79. The molecule has 2 heterocycles. The molecule has 2 aliphatic heterocycles. The number of nitrogens with zero attached hydrogens (tertiary/aromatic N) is 3. The number of hydrogen-bond acceptors (Lipinski definition) is 7. The SMILES string of the molecule is CC1CC(CN2C(=O)C3CC(S(=O)(=O)NC4(C#N)CC4)CCC3N(C)C2=O)ON1. The molecule has 0 radical (unpaired) electrons. The van der Waals surface area contributed by atoms with Gasteiger partial charge in [-0.15, -0.1) is 0 Å². The number of fused-ring (bicyclic) bond motifs is 1. The monoisotopic (exact) mass is 425 g/mol. The van der Waals surface area contributed by atoms with E-state index in [9.17, 15) is 23.3 Å². The summed E-state index contributed by atoms with van der Waals surface area (Å²) in [4.78, 5) is 34.1. The van der Waals surface area contributed by atoms with Crippen molar-refractivity contribution in [3.05, 3.63) is 0 Å². The zero-order valence-electron chi connectivity index (χ0n) is 16.6. The first-order valence-electron chi connectivity index (χ1n) is 10.1. The molecule has 0 aromatic carbocycles. The van der Waals surface area contributed by atoms with Crippen molar-refractivity contribution in [2.24, 2.45) is 5.92 Å². The van der Waals surface area contributed by atoms with Gasteiger partial charge in [0.2, 0.25) is 15.9 Å². The molecule has 29 heavy (non-hydrogen) atoms. The lowest BCUT2D eigenvalue weighted by atomic mass is 9.81. The van der Waals surface area contributed by atoms with E-state index in [2.05, 4.69) is 10.2 Å². The van der Waals surface area contributed by atoms with Gasteiger partial charge in [0, 0.05) is 19.1 Å². The normalized spacial score (nSPS) is 36.7. The van der Waals surface area contributed by atoms with Gasteiger partial charge in [0.25, 0.3) is 0 Å². The quantitative estimate of drug-likeness (QED) is 0.637. The third kappa shape index (κ3) is 3.74. The highest BCUT2D eigenvalue weighted by Gasteiger charge is 2.53. The maximum atomic E-state index is 13.1. The van der Waals surface area contributed by atoms with Crippen LogP contribution in [-0.4, -0.2) is 72.7 Å². The van der Waals surface area contributed by atoms with Crippen molar-refractivity contribution in [2.45, 2.75) is 74.4 Å². The number of amides is 3. The number of urea groups is 1. The molecule has 4 rings (SSSR count). The lowest BCUT2D eigenvalue weighted by molar-refractivity contribution is -0.141. The highest BCUT2D eigenvalue weighted by molar-refractivity contribution is 7.90. The number of sulfonamides is 1. The van der Waals surface area contributed by atoms with E-state index in [1.165, 1.54) is 4.90 Å². The minimum atomic E-state index is -3.72. The average Bonchev–Trinajstić information content (AvgIpc) is 3.33. The number of nitriles is 1. The van der Waals surface area contributed by atoms with Crippen LogP contribution in [0.2, 0.25) is 0 Å². The van der Waals surface area contributed by atoms with Crippen molar-refractivity contribution in [3.63, 3.8) is 0 Å². The predicted octanol–water partition coefficient (Wildman–Crippen LogP) is 0.0753. The molecule has 3 amide bonds. The summed E-state index contributed by atoms with van der Waals surface area (Å²) in [5.74, 6) is -0.903. The van der Waals surface area contributed by atoms with E-state index in [4.69, 9.17) is 4.84 Å². The third-order valence-corrected chi connectivity index (χ3v) is 8.54. The summed E-state index contributed by atoms with van der Waals surface area (Å²) in [7, 11) is -2.06. The Morgan fingerprint density at radius 1 is 1.31 bits per heavy atom. The molecule has 0 aromatic heterocycles. The summed E-state index contributed by atoms with van der Waals surface area (Å²) in [6.45, 7) is 2.11. The topological polar surface area (TPSA) is 132 Å². The van der Waals surface area contributed by atoms with Crippen molar-refractivity contribution in [1.82, 2.24) is 20.0 Å². The van der Waals surface area contributed by atoms with Crippen LogP contribution in [0.15, 0.2) is 0 Å². The van der Waals surface area contributed by atoms with Crippen molar-refractivity contribution < 1.29 is 22.8 Å². The van der Waals surface area contributed by atoms with Crippen molar-refractivity contribution >= 4 is 22.0 Å². The Bertz CT molecular complexity index is 851.